The van der Waals surface area contributed by atoms with Crippen LogP contribution < -0.4 is 11.1 Å². The van der Waals surface area contributed by atoms with Crippen LogP contribution in [-0.2, 0) is 0 Å². The maximum atomic E-state index is 13.8. The Labute approximate surface area is 109 Å². The summed E-state index contributed by atoms with van der Waals surface area (Å²) in [5.74, 6) is -1.61. The first-order chi connectivity index (χ1) is 8.89. The van der Waals surface area contributed by atoms with Gasteiger partial charge in [-0.2, -0.15) is 0 Å². The molecular weight excluding hydrogens is 255 g/mol. The topological polar surface area (TPSA) is 116 Å². The van der Waals surface area contributed by atoms with Crippen LogP contribution in [0.3, 0.4) is 0 Å². The van der Waals surface area contributed by atoms with Crippen LogP contribution in [0, 0.1) is 12.7 Å². The van der Waals surface area contributed by atoms with Gasteiger partial charge in [-0.25, -0.2) is 4.39 Å². The lowest BCUT2D eigenvalue weighted by atomic mass is 10.0. The number of nitrogens with one attached hydrogen (secondary N) is 1. The fourth-order valence-electron chi connectivity index (χ4n) is 1.54. The van der Waals surface area contributed by atoms with Gasteiger partial charge in [0, 0.05) is 5.69 Å². The first kappa shape index (κ1) is 15.4. The van der Waals surface area contributed by atoms with Crippen LogP contribution in [0.15, 0.2) is 12.1 Å². The highest BCUT2D eigenvalue weighted by atomic mass is 19.1. The summed E-state index contributed by atoms with van der Waals surface area (Å²) >= 11 is 0. The largest absolute Gasteiger partial charge is 0.399 e. The van der Waals surface area contributed by atoms with Crippen molar-refractivity contribution in [1.29, 1.82) is 0 Å². The van der Waals surface area contributed by atoms with E-state index in [1.807, 2.05) is 0 Å². The van der Waals surface area contributed by atoms with E-state index in [1.165, 1.54) is 13.0 Å². The summed E-state index contributed by atoms with van der Waals surface area (Å²) in [5, 5.41) is 29.5. The van der Waals surface area contributed by atoms with Crippen molar-refractivity contribution in [1.82, 2.24) is 5.32 Å². The van der Waals surface area contributed by atoms with E-state index in [0.717, 1.165) is 6.07 Å². The molecule has 0 radical (unpaired) electrons. The number of hydrogen-bond acceptors (Lipinski definition) is 5. The van der Waals surface area contributed by atoms with Gasteiger partial charge in [-0.05, 0) is 24.6 Å². The number of halogens is 1. The summed E-state index contributed by atoms with van der Waals surface area (Å²) in [6, 6.07) is 2.53. The molecule has 1 aromatic carbocycles. The predicted octanol–water partition coefficient (Wildman–Crippen LogP) is -0.838. The molecule has 7 heteroatoms. The van der Waals surface area contributed by atoms with Gasteiger partial charge in [0.05, 0.1) is 25.4 Å². The number of benzene rings is 1. The normalized spacial score (nSPS) is 11.4. The van der Waals surface area contributed by atoms with E-state index >= 15 is 0 Å². The summed E-state index contributed by atoms with van der Waals surface area (Å²) in [7, 11) is 0. The number of carbonyl (C=O) groups is 1. The molecule has 0 saturated heterocycles. The number of aryl methyl sites for hydroxylation is 1. The number of nitrogens with two attached hydrogens (primary N) is 1. The zero-order chi connectivity index (χ0) is 14.6. The minimum absolute atomic E-state index is 0.202. The van der Waals surface area contributed by atoms with Crippen LogP contribution >= 0.6 is 0 Å². The number of carbonyl (C=O) groups excluding carboxylic acids is 1. The Morgan fingerprint density at radius 1 is 1.32 bits per heavy atom. The van der Waals surface area contributed by atoms with Crippen molar-refractivity contribution in [3.05, 3.63) is 29.1 Å². The minimum Gasteiger partial charge on any atom is -0.399 e. The number of amides is 1. The molecule has 106 valence electrons. The average molecular weight is 272 g/mol. The van der Waals surface area contributed by atoms with E-state index in [0.29, 0.717) is 0 Å². The number of nitrogen functional groups attached to an aromatic ring is 1. The monoisotopic (exact) mass is 272 g/mol. The van der Waals surface area contributed by atoms with Crippen molar-refractivity contribution in [3.8, 4) is 0 Å². The van der Waals surface area contributed by atoms with E-state index in [2.05, 4.69) is 5.32 Å². The second-order valence-corrected chi connectivity index (χ2v) is 4.41. The Morgan fingerprint density at radius 2 is 1.84 bits per heavy atom. The first-order valence-electron chi connectivity index (χ1n) is 5.60. The third-order valence-electron chi connectivity index (χ3n) is 2.81. The molecule has 0 fully saturated rings. The van der Waals surface area contributed by atoms with Crippen LogP contribution in [-0.4, -0.2) is 46.6 Å². The molecule has 1 amide bonds. The standard InChI is InChI=1S/C12H17FN2O4/c1-7-2-8(14)3-9(10(7)13)11(19)15-12(4-16,5-17)6-18/h2-3,16-18H,4-6,14H2,1H3,(H,15,19). The second kappa shape index (κ2) is 5.96. The third kappa shape index (κ3) is 3.19. The van der Waals surface area contributed by atoms with Crippen molar-refractivity contribution >= 4 is 11.6 Å². The van der Waals surface area contributed by atoms with Crippen molar-refractivity contribution < 1.29 is 24.5 Å². The molecule has 6 nitrogen and oxygen atoms in total. The maximum Gasteiger partial charge on any atom is 0.255 e. The van der Waals surface area contributed by atoms with Gasteiger partial charge in [0.1, 0.15) is 11.4 Å². The zero-order valence-electron chi connectivity index (χ0n) is 10.5. The van der Waals surface area contributed by atoms with E-state index in [1.54, 1.807) is 0 Å². The molecular formula is C12H17FN2O4. The number of aliphatic hydroxyl groups excluding tert-OH is 3. The van der Waals surface area contributed by atoms with Crippen LogP contribution in [0.25, 0.3) is 0 Å². The van der Waals surface area contributed by atoms with Crippen LogP contribution in [0.4, 0.5) is 10.1 Å². The SMILES string of the molecule is Cc1cc(N)cc(C(=O)NC(CO)(CO)CO)c1F. The summed E-state index contributed by atoms with van der Waals surface area (Å²) < 4.78 is 13.8. The Hall–Kier alpha value is -1.70. The lowest BCUT2D eigenvalue weighted by Gasteiger charge is -2.28. The fraction of sp³-hybridized carbons (Fsp3) is 0.417. The van der Waals surface area contributed by atoms with Crippen LogP contribution in [0.5, 0.6) is 0 Å². The molecule has 0 aromatic heterocycles. The van der Waals surface area contributed by atoms with Crippen molar-refractivity contribution in [3.63, 3.8) is 0 Å². The van der Waals surface area contributed by atoms with E-state index in [-0.39, 0.29) is 16.8 Å². The molecule has 0 heterocycles. The number of rotatable bonds is 5. The molecule has 0 aliphatic carbocycles. The summed E-state index contributed by atoms with van der Waals surface area (Å²) in [6.45, 7) is -0.599. The molecule has 0 atom stereocenters. The lowest BCUT2D eigenvalue weighted by molar-refractivity contribution is 0.0373. The Morgan fingerprint density at radius 3 is 2.32 bits per heavy atom. The predicted molar refractivity (Wildman–Crippen MR) is 67.0 cm³/mol. The first-order valence-corrected chi connectivity index (χ1v) is 5.60. The van der Waals surface area contributed by atoms with Gasteiger partial charge in [-0.15, -0.1) is 0 Å². The summed E-state index contributed by atoms with van der Waals surface area (Å²) in [6.07, 6.45) is 0. The molecule has 0 spiro atoms. The Bertz CT molecular complexity index is 467. The Kier molecular flexibility index (Phi) is 4.82. The van der Waals surface area contributed by atoms with Crippen molar-refractivity contribution in [2.75, 3.05) is 25.6 Å². The molecule has 1 aromatic rings. The van der Waals surface area contributed by atoms with Gasteiger partial charge >= 0.3 is 0 Å². The molecule has 0 aliphatic heterocycles. The number of anilines is 1. The van der Waals surface area contributed by atoms with Gasteiger partial charge in [0.2, 0.25) is 0 Å². The van der Waals surface area contributed by atoms with Crippen LogP contribution in [0.1, 0.15) is 15.9 Å². The van der Waals surface area contributed by atoms with Gasteiger partial charge in [-0.3, -0.25) is 4.79 Å². The van der Waals surface area contributed by atoms with E-state index in [9.17, 15) is 9.18 Å². The highest BCUT2D eigenvalue weighted by Gasteiger charge is 2.31. The quantitative estimate of drug-likeness (QED) is 0.448. The third-order valence-corrected chi connectivity index (χ3v) is 2.81. The average Bonchev–Trinajstić information content (AvgIpc) is 2.40. The smallest absolute Gasteiger partial charge is 0.255 e. The van der Waals surface area contributed by atoms with E-state index < -0.39 is 37.1 Å². The Balaban J connectivity index is 3.08. The minimum atomic E-state index is -1.61. The fourth-order valence-corrected chi connectivity index (χ4v) is 1.54. The molecule has 19 heavy (non-hydrogen) atoms. The lowest BCUT2D eigenvalue weighted by Crippen LogP contribution is -2.57. The molecule has 0 unspecified atom stereocenters. The highest BCUT2D eigenvalue weighted by Crippen LogP contribution is 2.18. The molecule has 0 aliphatic rings. The summed E-state index contributed by atoms with van der Waals surface area (Å²) in [4.78, 5) is 11.9. The van der Waals surface area contributed by atoms with Gasteiger partial charge in [0.15, 0.2) is 0 Å². The summed E-state index contributed by atoms with van der Waals surface area (Å²) in [5.41, 5.74) is 4.03. The molecule has 0 bridgehead atoms. The van der Waals surface area contributed by atoms with Gasteiger partial charge in [-0.1, -0.05) is 0 Å². The van der Waals surface area contributed by atoms with Crippen molar-refractivity contribution in [2.24, 2.45) is 0 Å². The molecule has 0 saturated carbocycles. The zero-order valence-corrected chi connectivity index (χ0v) is 10.5. The number of hydrogen-bond donors (Lipinski definition) is 5. The van der Waals surface area contributed by atoms with Gasteiger partial charge in [0.25, 0.3) is 5.91 Å². The maximum absolute atomic E-state index is 13.8. The second-order valence-electron chi connectivity index (χ2n) is 4.41. The van der Waals surface area contributed by atoms with Crippen LogP contribution in [0.2, 0.25) is 0 Å². The van der Waals surface area contributed by atoms with Gasteiger partial charge < -0.3 is 26.4 Å². The highest BCUT2D eigenvalue weighted by molar-refractivity contribution is 5.96. The molecule has 1 rings (SSSR count). The molecule has 6 N–H and O–H groups in total. The van der Waals surface area contributed by atoms with Crippen molar-refractivity contribution in [2.45, 2.75) is 12.5 Å². The number of aliphatic hydroxyl groups is 3. The van der Waals surface area contributed by atoms with E-state index in [4.69, 9.17) is 21.1 Å².